The fraction of sp³-hybridized carbons (Fsp3) is 0.0667. The minimum atomic E-state index is -0.552. The Kier molecular flexibility index (Phi) is 3.58. The van der Waals surface area contributed by atoms with Gasteiger partial charge in [-0.05, 0) is 35.4 Å². The summed E-state index contributed by atoms with van der Waals surface area (Å²) >= 11 is 0. The molecule has 0 fully saturated rings. The van der Waals surface area contributed by atoms with E-state index in [0.29, 0.717) is 11.3 Å². The minimum Gasteiger partial charge on any atom is -0.427 e. The summed E-state index contributed by atoms with van der Waals surface area (Å²) in [6, 6.07) is 12.9. The van der Waals surface area contributed by atoms with E-state index in [-0.39, 0.29) is 5.56 Å². The molecule has 0 heterocycles. The molecule has 19 heavy (non-hydrogen) atoms. The molecule has 2 aromatic rings. The van der Waals surface area contributed by atoms with Crippen LogP contribution in [0.4, 0.5) is 4.39 Å². The van der Waals surface area contributed by atoms with Crippen LogP contribution in [0.5, 0.6) is 5.75 Å². The average molecular weight is 255 g/mol. The predicted octanol–water partition coefficient (Wildman–Crippen LogP) is 3.29. The molecular formula is C15H10FNO2. The van der Waals surface area contributed by atoms with Gasteiger partial charge in [0.15, 0.2) is 0 Å². The van der Waals surface area contributed by atoms with Crippen LogP contribution in [0.1, 0.15) is 12.5 Å². The third-order valence-electron chi connectivity index (χ3n) is 2.54. The Labute approximate surface area is 109 Å². The number of nitrogens with zero attached hydrogens (tertiary/aromatic N) is 1. The van der Waals surface area contributed by atoms with Crippen molar-refractivity contribution in [2.24, 2.45) is 0 Å². The summed E-state index contributed by atoms with van der Waals surface area (Å²) in [5.74, 6) is -0.508. The minimum absolute atomic E-state index is 0.0142. The van der Waals surface area contributed by atoms with Gasteiger partial charge in [-0.2, -0.15) is 5.26 Å². The highest BCUT2D eigenvalue weighted by molar-refractivity contribution is 5.70. The van der Waals surface area contributed by atoms with Crippen molar-refractivity contribution in [2.45, 2.75) is 6.92 Å². The molecule has 94 valence electrons. The molecule has 0 aliphatic carbocycles. The first-order chi connectivity index (χ1) is 9.10. The first kappa shape index (κ1) is 12.8. The van der Waals surface area contributed by atoms with Gasteiger partial charge >= 0.3 is 5.97 Å². The summed E-state index contributed by atoms with van der Waals surface area (Å²) < 4.78 is 18.4. The molecule has 0 N–H and O–H groups in total. The standard InChI is InChI=1S/C15H10FNO2/c1-10(18)19-14-6-4-11(5-7-14)12-2-3-13(9-17)15(16)8-12/h2-8H,1H3. The first-order valence-corrected chi connectivity index (χ1v) is 5.58. The molecule has 0 bridgehead atoms. The lowest BCUT2D eigenvalue weighted by atomic mass is 10.0. The van der Waals surface area contributed by atoms with Gasteiger partial charge < -0.3 is 4.74 Å². The van der Waals surface area contributed by atoms with E-state index in [2.05, 4.69) is 0 Å². The molecular weight excluding hydrogens is 245 g/mol. The third kappa shape index (κ3) is 2.96. The molecule has 0 spiro atoms. The number of esters is 1. The van der Waals surface area contributed by atoms with Crippen molar-refractivity contribution in [1.82, 2.24) is 0 Å². The van der Waals surface area contributed by atoms with Crippen LogP contribution < -0.4 is 4.74 Å². The van der Waals surface area contributed by atoms with Crippen molar-refractivity contribution in [2.75, 3.05) is 0 Å². The van der Waals surface area contributed by atoms with Crippen molar-refractivity contribution in [1.29, 1.82) is 5.26 Å². The van der Waals surface area contributed by atoms with Crippen molar-refractivity contribution in [3.63, 3.8) is 0 Å². The number of hydrogen-bond donors (Lipinski definition) is 0. The number of ether oxygens (including phenoxy) is 1. The van der Waals surface area contributed by atoms with Gasteiger partial charge in [0.05, 0.1) is 5.56 Å². The van der Waals surface area contributed by atoms with E-state index < -0.39 is 11.8 Å². The molecule has 0 aliphatic rings. The zero-order chi connectivity index (χ0) is 13.8. The van der Waals surface area contributed by atoms with Gasteiger partial charge in [0.25, 0.3) is 0 Å². The SMILES string of the molecule is CC(=O)Oc1ccc(-c2ccc(C#N)c(F)c2)cc1. The van der Waals surface area contributed by atoms with E-state index in [1.54, 1.807) is 36.4 Å². The maximum absolute atomic E-state index is 13.5. The zero-order valence-corrected chi connectivity index (χ0v) is 10.2. The maximum Gasteiger partial charge on any atom is 0.308 e. The normalized spacial score (nSPS) is 9.74. The average Bonchev–Trinajstić information content (AvgIpc) is 2.39. The molecule has 0 amide bonds. The highest BCUT2D eigenvalue weighted by Crippen LogP contribution is 2.24. The van der Waals surface area contributed by atoms with Crippen LogP contribution in [0.2, 0.25) is 0 Å². The predicted molar refractivity (Wildman–Crippen MR) is 67.9 cm³/mol. The Morgan fingerprint density at radius 1 is 1.16 bits per heavy atom. The zero-order valence-electron chi connectivity index (χ0n) is 10.2. The Morgan fingerprint density at radius 2 is 1.79 bits per heavy atom. The van der Waals surface area contributed by atoms with Gasteiger partial charge in [-0.3, -0.25) is 4.79 Å². The Morgan fingerprint density at radius 3 is 2.32 bits per heavy atom. The lowest BCUT2D eigenvalue weighted by Crippen LogP contribution is -2.00. The largest absolute Gasteiger partial charge is 0.427 e. The Bertz CT molecular complexity index is 657. The fourth-order valence-corrected chi connectivity index (χ4v) is 1.67. The number of hydrogen-bond acceptors (Lipinski definition) is 3. The number of carbonyl (C=O) groups excluding carboxylic acids is 1. The molecule has 0 unspecified atom stereocenters. The van der Waals surface area contributed by atoms with Crippen LogP contribution in [0, 0.1) is 17.1 Å². The molecule has 0 saturated heterocycles. The molecule has 3 nitrogen and oxygen atoms in total. The van der Waals surface area contributed by atoms with E-state index >= 15 is 0 Å². The smallest absolute Gasteiger partial charge is 0.308 e. The molecule has 0 saturated carbocycles. The van der Waals surface area contributed by atoms with Gasteiger partial charge in [-0.25, -0.2) is 4.39 Å². The molecule has 0 atom stereocenters. The van der Waals surface area contributed by atoms with Crippen LogP contribution in [0.3, 0.4) is 0 Å². The number of benzene rings is 2. The van der Waals surface area contributed by atoms with Crippen molar-refractivity contribution >= 4 is 5.97 Å². The summed E-state index contributed by atoms with van der Waals surface area (Å²) in [4.78, 5) is 10.8. The molecule has 0 aromatic heterocycles. The highest BCUT2D eigenvalue weighted by Gasteiger charge is 2.05. The molecule has 2 aromatic carbocycles. The van der Waals surface area contributed by atoms with Crippen LogP contribution in [0.25, 0.3) is 11.1 Å². The van der Waals surface area contributed by atoms with Gasteiger partial charge in [0.1, 0.15) is 17.6 Å². The second kappa shape index (κ2) is 5.32. The first-order valence-electron chi connectivity index (χ1n) is 5.58. The highest BCUT2D eigenvalue weighted by atomic mass is 19.1. The van der Waals surface area contributed by atoms with Crippen LogP contribution in [-0.2, 0) is 4.79 Å². The Hall–Kier alpha value is -2.67. The van der Waals surface area contributed by atoms with Gasteiger partial charge in [-0.1, -0.05) is 18.2 Å². The van der Waals surface area contributed by atoms with E-state index in [0.717, 1.165) is 5.56 Å². The van der Waals surface area contributed by atoms with E-state index in [1.807, 2.05) is 0 Å². The van der Waals surface area contributed by atoms with E-state index in [9.17, 15) is 9.18 Å². The summed E-state index contributed by atoms with van der Waals surface area (Å²) in [6.45, 7) is 1.32. The van der Waals surface area contributed by atoms with Crippen LogP contribution >= 0.6 is 0 Å². The van der Waals surface area contributed by atoms with Gasteiger partial charge in [-0.15, -0.1) is 0 Å². The lowest BCUT2D eigenvalue weighted by Gasteiger charge is -2.05. The summed E-state index contributed by atoms with van der Waals surface area (Å²) in [5, 5.41) is 8.66. The fourth-order valence-electron chi connectivity index (χ4n) is 1.67. The molecule has 0 radical (unpaired) electrons. The second-order valence-corrected chi connectivity index (χ2v) is 3.92. The van der Waals surface area contributed by atoms with Gasteiger partial charge in [0.2, 0.25) is 0 Å². The van der Waals surface area contributed by atoms with E-state index in [1.165, 1.54) is 19.1 Å². The summed E-state index contributed by atoms with van der Waals surface area (Å²) in [7, 11) is 0. The van der Waals surface area contributed by atoms with Crippen LogP contribution in [-0.4, -0.2) is 5.97 Å². The quantitative estimate of drug-likeness (QED) is 0.611. The third-order valence-corrected chi connectivity index (χ3v) is 2.54. The van der Waals surface area contributed by atoms with Crippen LogP contribution in [0.15, 0.2) is 42.5 Å². The topological polar surface area (TPSA) is 50.1 Å². The van der Waals surface area contributed by atoms with E-state index in [4.69, 9.17) is 10.00 Å². The Balaban J connectivity index is 2.30. The number of nitriles is 1. The number of carbonyl (C=O) groups is 1. The lowest BCUT2D eigenvalue weighted by molar-refractivity contribution is -0.131. The van der Waals surface area contributed by atoms with Crippen molar-refractivity contribution in [3.8, 4) is 22.9 Å². The number of rotatable bonds is 2. The van der Waals surface area contributed by atoms with Crippen molar-refractivity contribution < 1.29 is 13.9 Å². The second-order valence-electron chi connectivity index (χ2n) is 3.92. The molecule has 4 heteroatoms. The van der Waals surface area contributed by atoms with Gasteiger partial charge in [0, 0.05) is 6.92 Å². The summed E-state index contributed by atoms with van der Waals surface area (Å²) in [6.07, 6.45) is 0. The monoisotopic (exact) mass is 255 g/mol. The maximum atomic E-state index is 13.5. The van der Waals surface area contributed by atoms with Crippen molar-refractivity contribution in [3.05, 3.63) is 53.8 Å². The molecule has 0 aliphatic heterocycles. The molecule has 2 rings (SSSR count). The number of halogens is 1. The summed E-state index contributed by atoms with van der Waals surface area (Å²) in [5.41, 5.74) is 1.45.